The van der Waals surface area contributed by atoms with Crippen molar-refractivity contribution in [2.75, 3.05) is 7.11 Å². The highest BCUT2D eigenvalue weighted by Crippen LogP contribution is 2.38. The van der Waals surface area contributed by atoms with Crippen molar-refractivity contribution in [3.63, 3.8) is 0 Å². The maximum absolute atomic E-state index is 11.1. The Kier molecular flexibility index (Phi) is 7.90. The molecule has 0 heterocycles. The Labute approximate surface area is 120 Å². The second kappa shape index (κ2) is 8.05. The molecule has 0 radical (unpaired) electrons. The van der Waals surface area contributed by atoms with E-state index in [1.807, 2.05) is 0 Å². The summed E-state index contributed by atoms with van der Waals surface area (Å²) in [6.07, 6.45) is 4.79. The third kappa shape index (κ3) is 7.11. The molecule has 1 unspecified atom stereocenters. The van der Waals surface area contributed by atoms with Gasteiger partial charge in [0.15, 0.2) is 8.32 Å². The summed E-state index contributed by atoms with van der Waals surface area (Å²) < 4.78 is 11.1. The Morgan fingerprint density at radius 1 is 1.21 bits per heavy atom. The van der Waals surface area contributed by atoms with E-state index >= 15 is 0 Å². The first kappa shape index (κ1) is 18.6. The SMILES string of the molecule is CCCC(CCCC(=O)OC)O[Si](C)(C)C(C)(C)C. The number of carbonyl (C=O) groups excluding carboxylic acids is 1. The van der Waals surface area contributed by atoms with Gasteiger partial charge in [0.1, 0.15) is 0 Å². The van der Waals surface area contributed by atoms with Crippen LogP contribution in [0.1, 0.15) is 59.8 Å². The van der Waals surface area contributed by atoms with Crippen LogP contribution in [0.4, 0.5) is 0 Å². The normalized spacial score (nSPS) is 14.3. The summed E-state index contributed by atoms with van der Waals surface area (Å²) in [5, 5.41) is 0.237. The van der Waals surface area contributed by atoms with Crippen LogP contribution in [-0.2, 0) is 14.0 Å². The molecule has 0 aromatic rings. The average Bonchev–Trinajstić information content (AvgIpc) is 2.27. The van der Waals surface area contributed by atoms with Crippen LogP contribution >= 0.6 is 0 Å². The molecule has 0 saturated carbocycles. The highest BCUT2D eigenvalue weighted by Gasteiger charge is 2.38. The third-order valence-corrected chi connectivity index (χ3v) is 8.55. The van der Waals surface area contributed by atoms with Crippen LogP contribution in [0.25, 0.3) is 0 Å². The van der Waals surface area contributed by atoms with Crippen molar-refractivity contribution in [2.24, 2.45) is 0 Å². The zero-order valence-corrected chi connectivity index (χ0v) is 14.8. The van der Waals surface area contributed by atoms with Crippen LogP contribution in [0.15, 0.2) is 0 Å². The third-order valence-electron chi connectivity index (χ3n) is 4.01. The first-order chi connectivity index (χ1) is 8.64. The molecular formula is C15H32O3Si. The molecule has 0 aromatic heterocycles. The maximum atomic E-state index is 11.1. The van der Waals surface area contributed by atoms with Crippen molar-refractivity contribution in [3.05, 3.63) is 0 Å². The fourth-order valence-electron chi connectivity index (χ4n) is 1.75. The van der Waals surface area contributed by atoms with Crippen LogP contribution in [-0.4, -0.2) is 27.5 Å². The molecule has 0 amide bonds. The van der Waals surface area contributed by atoms with Gasteiger partial charge < -0.3 is 9.16 Å². The van der Waals surface area contributed by atoms with Crippen molar-refractivity contribution in [1.29, 1.82) is 0 Å². The molecule has 0 N–H and O–H groups in total. The number of hydrogen-bond acceptors (Lipinski definition) is 3. The predicted octanol–water partition coefficient (Wildman–Crippen LogP) is 4.52. The van der Waals surface area contributed by atoms with Crippen LogP contribution in [0.5, 0.6) is 0 Å². The van der Waals surface area contributed by atoms with Crippen LogP contribution < -0.4 is 0 Å². The molecule has 0 rings (SSSR count). The van der Waals surface area contributed by atoms with Gasteiger partial charge in [-0.25, -0.2) is 0 Å². The van der Waals surface area contributed by atoms with E-state index in [-0.39, 0.29) is 17.1 Å². The molecular weight excluding hydrogens is 256 g/mol. The molecule has 114 valence electrons. The number of rotatable bonds is 8. The quantitative estimate of drug-likeness (QED) is 0.486. The van der Waals surface area contributed by atoms with Gasteiger partial charge in [-0.2, -0.15) is 0 Å². The lowest BCUT2D eigenvalue weighted by Gasteiger charge is -2.39. The summed E-state index contributed by atoms with van der Waals surface area (Å²) >= 11 is 0. The Morgan fingerprint density at radius 2 is 1.79 bits per heavy atom. The summed E-state index contributed by atoms with van der Waals surface area (Å²) in [6.45, 7) is 13.5. The molecule has 0 bridgehead atoms. The van der Waals surface area contributed by atoms with Crippen molar-refractivity contribution in [2.45, 2.75) is 84.0 Å². The minimum absolute atomic E-state index is 0.123. The molecule has 0 aliphatic rings. The van der Waals surface area contributed by atoms with Gasteiger partial charge in [-0.3, -0.25) is 4.79 Å². The number of esters is 1. The van der Waals surface area contributed by atoms with Crippen LogP contribution in [0.3, 0.4) is 0 Å². The second-order valence-electron chi connectivity index (χ2n) is 6.76. The predicted molar refractivity (Wildman–Crippen MR) is 82.8 cm³/mol. The largest absolute Gasteiger partial charge is 0.469 e. The van der Waals surface area contributed by atoms with E-state index in [1.54, 1.807) is 0 Å². The lowest BCUT2D eigenvalue weighted by atomic mass is 10.1. The fraction of sp³-hybridized carbons (Fsp3) is 0.933. The average molecular weight is 289 g/mol. The van der Waals surface area contributed by atoms with Gasteiger partial charge in [-0.05, 0) is 37.4 Å². The molecule has 0 aliphatic carbocycles. The first-order valence-corrected chi connectivity index (χ1v) is 10.3. The van der Waals surface area contributed by atoms with Crippen molar-refractivity contribution in [3.8, 4) is 0 Å². The molecule has 1 atom stereocenters. The molecule has 19 heavy (non-hydrogen) atoms. The van der Waals surface area contributed by atoms with Crippen molar-refractivity contribution < 1.29 is 14.0 Å². The summed E-state index contributed by atoms with van der Waals surface area (Å²) in [6, 6.07) is 0. The van der Waals surface area contributed by atoms with E-state index in [0.29, 0.717) is 6.42 Å². The number of ether oxygens (including phenoxy) is 1. The number of hydrogen-bond donors (Lipinski definition) is 0. The van der Waals surface area contributed by atoms with E-state index in [0.717, 1.165) is 25.7 Å². The molecule has 3 nitrogen and oxygen atoms in total. The van der Waals surface area contributed by atoms with Gasteiger partial charge >= 0.3 is 5.97 Å². The lowest BCUT2D eigenvalue weighted by molar-refractivity contribution is -0.140. The monoisotopic (exact) mass is 288 g/mol. The zero-order chi connectivity index (χ0) is 15.1. The Balaban J connectivity index is 4.37. The smallest absolute Gasteiger partial charge is 0.305 e. The topological polar surface area (TPSA) is 35.5 Å². The molecule has 4 heteroatoms. The Hall–Kier alpha value is -0.353. The summed E-state index contributed by atoms with van der Waals surface area (Å²) in [5.41, 5.74) is 0. The lowest BCUT2D eigenvalue weighted by Crippen LogP contribution is -2.44. The molecule has 0 aliphatic heterocycles. The van der Waals surface area contributed by atoms with Gasteiger partial charge in [0, 0.05) is 12.5 Å². The minimum Gasteiger partial charge on any atom is -0.469 e. The first-order valence-electron chi connectivity index (χ1n) is 7.38. The van der Waals surface area contributed by atoms with E-state index < -0.39 is 8.32 Å². The molecule has 0 saturated heterocycles. The van der Waals surface area contributed by atoms with E-state index in [9.17, 15) is 4.79 Å². The van der Waals surface area contributed by atoms with Gasteiger partial charge in [-0.1, -0.05) is 34.1 Å². The number of carbonyl (C=O) groups is 1. The number of methoxy groups -OCH3 is 1. The van der Waals surface area contributed by atoms with Gasteiger partial charge in [0.25, 0.3) is 0 Å². The van der Waals surface area contributed by atoms with E-state index in [1.165, 1.54) is 7.11 Å². The van der Waals surface area contributed by atoms with E-state index in [2.05, 4.69) is 45.5 Å². The maximum Gasteiger partial charge on any atom is 0.305 e. The molecule has 0 spiro atoms. The molecule has 0 fully saturated rings. The highest BCUT2D eigenvalue weighted by molar-refractivity contribution is 6.74. The van der Waals surface area contributed by atoms with Crippen molar-refractivity contribution in [1.82, 2.24) is 0 Å². The van der Waals surface area contributed by atoms with Crippen LogP contribution in [0.2, 0.25) is 18.1 Å². The second-order valence-corrected chi connectivity index (χ2v) is 11.5. The van der Waals surface area contributed by atoms with E-state index in [4.69, 9.17) is 4.43 Å². The van der Waals surface area contributed by atoms with Gasteiger partial charge in [0.2, 0.25) is 0 Å². The van der Waals surface area contributed by atoms with Crippen LogP contribution in [0, 0.1) is 0 Å². The summed E-state index contributed by atoms with van der Waals surface area (Å²) in [4.78, 5) is 11.1. The summed E-state index contributed by atoms with van der Waals surface area (Å²) in [5.74, 6) is -0.123. The van der Waals surface area contributed by atoms with Gasteiger partial charge in [-0.15, -0.1) is 0 Å². The minimum atomic E-state index is -1.71. The van der Waals surface area contributed by atoms with Crippen molar-refractivity contribution >= 4 is 14.3 Å². The Morgan fingerprint density at radius 3 is 2.21 bits per heavy atom. The molecule has 0 aromatic carbocycles. The standard InChI is InChI=1S/C15H32O3Si/c1-8-10-13(11-9-12-14(16)17-5)18-19(6,7)15(2,3)4/h13H,8-12H2,1-7H3. The zero-order valence-electron chi connectivity index (χ0n) is 13.8. The summed E-state index contributed by atoms with van der Waals surface area (Å²) in [7, 11) is -0.264. The fourth-order valence-corrected chi connectivity index (χ4v) is 3.18. The highest BCUT2D eigenvalue weighted by atomic mass is 28.4. The van der Waals surface area contributed by atoms with Gasteiger partial charge in [0.05, 0.1) is 7.11 Å². The Bertz CT molecular complexity index is 269.